The molecule has 0 aliphatic rings. The van der Waals surface area contributed by atoms with E-state index in [-0.39, 0.29) is 0 Å². The van der Waals surface area contributed by atoms with E-state index in [1.165, 1.54) is 0 Å². The van der Waals surface area contributed by atoms with Crippen LogP contribution in [-0.2, 0) is 4.84 Å². The highest BCUT2D eigenvalue weighted by molar-refractivity contribution is 5.56. The summed E-state index contributed by atoms with van der Waals surface area (Å²) in [7, 11) is 0. The molecular formula is CH2N2O3. The molecule has 0 aromatic rings. The van der Waals surface area contributed by atoms with Crippen LogP contribution in [0.1, 0.15) is 0 Å². The van der Waals surface area contributed by atoms with E-state index in [1.807, 2.05) is 0 Å². The molecule has 0 heterocycles. The Morgan fingerprint density at radius 2 is 2.50 bits per heavy atom. The molecule has 0 aliphatic heterocycles. The SMILES string of the molecule is N=NOC(=O)O. The molecule has 0 unspecified atom stereocenters. The Morgan fingerprint density at radius 3 is 2.50 bits per heavy atom. The Morgan fingerprint density at radius 1 is 2.00 bits per heavy atom. The summed E-state index contributed by atoms with van der Waals surface area (Å²) in [6.45, 7) is 0. The van der Waals surface area contributed by atoms with Crippen LogP contribution >= 0.6 is 0 Å². The predicted octanol–water partition coefficient (Wildman–Crippen LogP) is 0.627. The number of nitrogens with one attached hydrogen (secondary N) is 1. The molecule has 0 amide bonds. The largest absolute Gasteiger partial charge is 0.533 e. The van der Waals surface area contributed by atoms with Crippen molar-refractivity contribution in [1.82, 2.24) is 0 Å². The van der Waals surface area contributed by atoms with Crippen LogP contribution in [0, 0.1) is 5.53 Å². The molecule has 6 heavy (non-hydrogen) atoms. The third-order valence-corrected chi connectivity index (χ3v) is 0.124. The van der Waals surface area contributed by atoms with Gasteiger partial charge in [-0.2, -0.15) is 5.53 Å². The van der Waals surface area contributed by atoms with Gasteiger partial charge in [0, 0.05) is 5.28 Å². The van der Waals surface area contributed by atoms with Gasteiger partial charge < -0.3 is 5.11 Å². The first-order chi connectivity index (χ1) is 2.77. The molecule has 34 valence electrons. The van der Waals surface area contributed by atoms with Crippen LogP contribution in [0.2, 0.25) is 0 Å². The highest BCUT2D eigenvalue weighted by atomic mass is 16.8. The van der Waals surface area contributed by atoms with Gasteiger partial charge in [0.1, 0.15) is 0 Å². The lowest BCUT2D eigenvalue weighted by atomic mass is 11.4. The Labute approximate surface area is 33.0 Å². The van der Waals surface area contributed by atoms with Crippen molar-refractivity contribution < 1.29 is 14.7 Å². The fraction of sp³-hybridized carbons (Fsp3) is 0. The van der Waals surface area contributed by atoms with E-state index in [0.717, 1.165) is 0 Å². The number of nitrogens with zero attached hydrogens (tertiary/aromatic N) is 1. The molecule has 0 spiro atoms. The van der Waals surface area contributed by atoms with Crippen molar-refractivity contribution in [2.24, 2.45) is 5.28 Å². The average Bonchev–Trinajstić information content (AvgIpc) is 1.35. The lowest BCUT2D eigenvalue weighted by Gasteiger charge is -1.76. The van der Waals surface area contributed by atoms with Crippen LogP contribution in [0.5, 0.6) is 0 Å². The number of hydrogen-bond donors (Lipinski definition) is 2. The van der Waals surface area contributed by atoms with Crippen LogP contribution in [0.25, 0.3) is 0 Å². The molecule has 0 aromatic carbocycles. The molecule has 0 saturated heterocycles. The normalized spacial score (nSPS) is 6.67. The van der Waals surface area contributed by atoms with Crippen molar-refractivity contribution in [2.75, 3.05) is 0 Å². The molecule has 0 fully saturated rings. The first-order valence-electron chi connectivity index (χ1n) is 1.04. The smallest absolute Gasteiger partial charge is 0.448 e. The van der Waals surface area contributed by atoms with Gasteiger partial charge in [-0.15, -0.1) is 0 Å². The summed E-state index contributed by atoms with van der Waals surface area (Å²) < 4.78 is 0. The van der Waals surface area contributed by atoms with Gasteiger partial charge in [-0.1, -0.05) is 0 Å². The predicted molar refractivity (Wildman–Crippen MR) is 14.3 cm³/mol. The third-order valence-electron chi connectivity index (χ3n) is 0.124. The second kappa shape index (κ2) is 2.13. The number of carboxylic acid groups (broad SMARTS) is 1. The Kier molecular flexibility index (Phi) is 1.73. The number of rotatable bonds is 1. The molecule has 5 heteroatoms. The fourth-order valence-corrected chi connectivity index (χ4v) is 0.0390. The Balaban J connectivity index is 3.05. The van der Waals surface area contributed by atoms with E-state index in [9.17, 15) is 0 Å². The van der Waals surface area contributed by atoms with Crippen molar-refractivity contribution in [1.29, 1.82) is 5.53 Å². The minimum absolute atomic E-state index is 1.56. The zero-order chi connectivity index (χ0) is 4.99. The van der Waals surface area contributed by atoms with Gasteiger partial charge in [0.15, 0.2) is 0 Å². The van der Waals surface area contributed by atoms with E-state index < -0.39 is 6.16 Å². The van der Waals surface area contributed by atoms with Gasteiger partial charge in [-0.05, 0) is 0 Å². The summed E-state index contributed by atoms with van der Waals surface area (Å²) in [6.07, 6.45) is -1.56. The van der Waals surface area contributed by atoms with Crippen LogP contribution in [-0.4, -0.2) is 11.3 Å². The minimum atomic E-state index is -1.56. The average molecular weight is 90.0 g/mol. The van der Waals surface area contributed by atoms with E-state index in [2.05, 4.69) is 10.1 Å². The fourth-order valence-electron chi connectivity index (χ4n) is 0.0390. The maximum absolute atomic E-state index is 9.16. The molecule has 5 nitrogen and oxygen atoms in total. The Hall–Kier alpha value is -1.13. The molecule has 0 radical (unpaired) electrons. The highest BCUT2D eigenvalue weighted by Crippen LogP contribution is 1.70. The first-order valence-corrected chi connectivity index (χ1v) is 1.04. The number of carbonyl (C=O) groups is 1. The molecule has 0 bridgehead atoms. The monoisotopic (exact) mass is 90.0 g/mol. The van der Waals surface area contributed by atoms with Crippen molar-refractivity contribution >= 4 is 6.16 Å². The van der Waals surface area contributed by atoms with Crippen LogP contribution < -0.4 is 0 Å². The lowest BCUT2D eigenvalue weighted by Crippen LogP contribution is -1.89. The van der Waals surface area contributed by atoms with Gasteiger partial charge in [0.2, 0.25) is 0 Å². The molecular weight excluding hydrogens is 88.0 g/mol. The molecule has 0 aliphatic carbocycles. The van der Waals surface area contributed by atoms with Crippen LogP contribution in [0.15, 0.2) is 5.28 Å². The summed E-state index contributed by atoms with van der Waals surface area (Å²) in [5.74, 6) is 0. The zero-order valence-corrected chi connectivity index (χ0v) is 2.71. The van der Waals surface area contributed by atoms with E-state index in [1.54, 1.807) is 0 Å². The van der Waals surface area contributed by atoms with Gasteiger partial charge in [0.05, 0.1) is 0 Å². The molecule has 2 N–H and O–H groups in total. The van der Waals surface area contributed by atoms with Crippen molar-refractivity contribution in [3.05, 3.63) is 0 Å². The summed E-state index contributed by atoms with van der Waals surface area (Å²) in [6, 6.07) is 0. The van der Waals surface area contributed by atoms with Crippen LogP contribution in [0.3, 0.4) is 0 Å². The van der Waals surface area contributed by atoms with Gasteiger partial charge >= 0.3 is 6.16 Å². The van der Waals surface area contributed by atoms with Gasteiger partial charge in [-0.3, -0.25) is 4.84 Å². The summed E-state index contributed by atoms with van der Waals surface area (Å²) in [5, 5.41) is 9.56. The summed E-state index contributed by atoms with van der Waals surface area (Å²) >= 11 is 0. The first kappa shape index (κ1) is 4.87. The Bertz CT molecular complexity index is 69.2. The second-order valence-corrected chi connectivity index (χ2v) is 0.448. The van der Waals surface area contributed by atoms with Crippen molar-refractivity contribution in [2.45, 2.75) is 0 Å². The maximum atomic E-state index is 9.16. The van der Waals surface area contributed by atoms with Crippen LogP contribution in [0.4, 0.5) is 4.79 Å². The molecule has 0 saturated carbocycles. The molecule has 0 aromatic heterocycles. The molecule has 0 atom stereocenters. The third kappa shape index (κ3) is 2.87. The number of hydrogen-bond acceptors (Lipinski definition) is 4. The van der Waals surface area contributed by atoms with Crippen molar-refractivity contribution in [3.63, 3.8) is 0 Å². The zero-order valence-electron chi connectivity index (χ0n) is 2.71. The van der Waals surface area contributed by atoms with Gasteiger partial charge in [-0.25, -0.2) is 4.79 Å². The van der Waals surface area contributed by atoms with Crippen molar-refractivity contribution in [3.8, 4) is 0 Å². The quantitative estimate of drug-likeness (QED) is 0.365. The van der Waals surface area contributed by atoms with E-state index in [0.29, 0.717) is 0 Å². The van der Waals surface area contributed by atoms with Gasteiger partial charge in [0.25, 0.3) is 0 Å². The van der Waals surface area contributed by atoms with E-state index in [4.69, 9.17) is 15.4 Å². The topological polar surface area (TPSA) is 82.7 Å². The summed E-state index contributed by atoms with van der Waals surface area (Å²) in [5.41, 5.74) is 5.76. The maximum Gasteiger partial charge on any atom is 0.533 e. The summed E-state index contributed by atoms with van der Waals surface area (Å²) in [4.78, 5) is 12.4. The standard InChI is InChI=1S/CH2N2O3/c2-3-6-1(4)5/h2H,(H,4,5). The minimum Gasteiger partial charge on any atom is -0.448 e. The lowest BCUT2D eigenvalue weighted by molar-refractivity contribution is 0.0839. The molecule has 0 rings (SSSR count). The van der Waals surface area contributed by atoms with E-state index >= 15 is 0 Å². The highest BCUT2D eigenvalue weighted by Gasteiger charge is 1.87. The second-order valence-electron chi connectivity index (χ2n) is 0.448.